The number of hydrogen-bond donors (Lipinski definition) is 0. The van der Waals surface area contributed by atoms with Crippen molar-refractivity contribution in [2.75, 3.05) is 6.61 Å². The lowest BCUT2D eigenvalue weighted by molar-refractivity contribution is 0.103. The van der Waals surface area contributed by atoms with E-state index >= 15 is 0 Å². The molecule has 0 atom stereocenters. The molecule has 0 aliphatic carbocycles. The van der Waals surface area contributed by atoms with Crippen molar-refractivity contribution in [3.8, 4) is 5.75 Å². The van der Waals surface area contributed by atoms with E-state index in [-0.39, 0.29) is 5.78 Å². The minimum absolute atomic E-state index is 0.00989. The van der Waals surface area contributed by atoms with E-state index in [0.717, 1.165) is 20.3 Å². The first kappa shape index (κ1) is 15.3. The lowest BCUT2D eigenvalue weighted by atomic mass is 10.0. The molecule has 0 amide bonds. The standard InChI is InChI=1S/C16H14Br2O2/c1-3-20-15-7-5-11(9-14(15)18)16(19)12-8-10(2)4-6-13(12)17/h4-9H,3H2,1-2H3. The summed E-state index contributed by atoms with van der Waals surface area (Å²) in [6, 6.07) is 11.1. The second-order valence-electron chi connectivity index (χ2n) is 4.39. The molecule has 0 spiro atoms. The van der Waals surface area contributed by atoms with Crippen LogP contribution in [-0.4, -0.2) is 12.4 Å². The van der Waals surface area contributed by atoms with E-state index in [1.807, 2.05) is 38.1 Å². The fourth-order valence-corrected chi connectivity index (χ4v) is 2.80. The van der Waals surface area contributed by atoms with Crippen LogP contribution in [-0.2, 0) is 0 Å². The molecule has 2 aromatic carbocycles. The lowest BCUT2D eigenvalue weighted by Crippen LogP contribution is -2.03. The molecular weight excluding hydrogens is 384 g/mol. The Hall–Kier alpha value is -1.13. The third-order valence-electron chi connectivity index (χ3n) is 2.86. The minimum atomic E-state index is -0.00989. The number of benzene rings is 2. The SMILES string of the molecule is CCOc1ccc(C(=O)c2cc(C)ccc2Br)cc1Br. The van der Waals surface area contributed by atoms with Gasteiger partial charge in [-0.2, -0.15) is 0 Å². The monoisotopic (exact) mass is 396 g/mol. The van der Waals surface area contributed by atoms with Crippen molar-refractivity contribution in [2.24, 2.45) is 0 Å². The van der Waals surface area contributed by atoms with Gasteiger partial charge in [-0.25, -0.2) is 0 Å². The zero-order chi connectivity index (χ0) is 14.7. The van der Waals surface area contributed by atoms with Crippen molar-refractivity contribution < 1.29 is 9.53 Å². The number of aryl methyl sites for hydroxylation is 1. The van der Waals surface area contributed by atoms with E-state index in [2.05, 4.69) is 31.9 Å². The van der Waals surface area contributed by atoms with Crippen molar-refractivity contribution >= 4 is 37.6 Å². The first-order valence-electron chi connectivity index (χ1n) is 6.26. The zero-order valence-corrected chi connectivity index (χ0v) is 14.4. The Labute approximate surface area is 135 Å². The average molecular weight is 398 g/mol. The van der Waals surface area contributed by atoms with Gasteiger partial charge in [0.2, 0.25) is 0 Å². The maximum atomic E-state index is 12.5. The molecule has 0 aromatic heterocycles. The Balaban J connectivity index is 2.38. The molecule has 0 N–H and O–H groups in total. The smallest absolute Gasteiger partial charge is 0.194 e. The first-order valence-corrected chi connectivity index (χ1v) is 7.84. The van der Waals surface area contributed by atoms with E-state index in [9.17, 15) is 4.79 Å². The number of ketones is 1. The lowest BCUT2D eigenvalue weighted by Gasteiger charge is -2.09. The van der Waals surface area contributed by atoms with Gasteiger partial charge in [-0.15, -0.1) is 0 Å². The van der Waals surface area contributed by atoms with Crippen LogP contribution in [0.5, 0.6) is 5.75 Å². The van der Waals surface area contributed by atoms with Gasteiger partial charge in [-0.3, -0.25) is 4.79 Å². The number of rotatable bonds is 4. The van der Waals surface area contributed by atoms with Gasteiger partial charge in [0.15, 0.2) is 5.78 Å². The molecule has 0 saturated heterocycles. The van der Waals surface area contributed by atoms with Crippen LogP contribution in [0.4, 0.5) is 0 Å². The Morgan fingerprint density at radius 3 is 2.50 bits per heavy atom. The average Bonchev–Trinajstić information content (AvgIpc) is 2.43. The van der Waals surface area contributed by atoms with Gasteiger partial charge >= 0.3 is 0 Å². The van der Waals surface area contributed by atoms with Crippen molar-refractivity contribution in [3.05, 3.63) is 62.0 Å². The predicted octanol–water partition coefficient (Wildman–Crippen LogP) is 5.15. The highest BCUT2D eigenvalue weighted by Crippen LogP contribution is 2.28. The number of hydrogen-bond acceptors (Lipinski definition) is 2. The fraction of sp³-hybridized carbons (Fsp3) is 0.188. The van der Waals surface area contributed by atoms with Crippen LogP contribution >= 0.6 is 31.9 Å². The number of carbonyl (C=O) groups excluding carboxylic acids is 1. The maximum absolute atomic E-state index is 12.5. The molecule has 20 heavy (non-hydrogen) atoms. The van der Waals surface area contributed by atoms with Crippen LogP contribution in [0, 0.1) is 6.92 Å². The molecule has 0 saturated carbocycles. The van der Waals surface area contributed by atoms with Crippen molar-refractivity contribution in [2.45, 2.75) is 13.8 Å². The summed E-state index contributed by atoms with van der Waals surface area (Å²) in [6.45, 7) is 4.49. The molecule has 0 aliphatic heterocycles. The second kappa shape index (κ2) is 6.55. The van der Waals surface area contributed by atoms with Crippen LogP contribution in [0.1, 0.15) is 28.4 Å². The molecule has 0 radical (unpaired) electrons. The summed E-state index contributed by atoms with van der Waals surface area (Å²) in [7, 11) is 0. The molecule has 104 valence electrons. The maximum Gasteiger partial charge on any atom is 0.194 e. The topological polar surface area (TPSA) is 26.3 Å². The summed E-state index contributed by atoms with van der Waals surface area (Å²) in [5.74, 6) is 0.733. The third-order valence-corrected chi connectivity index (χ3v) is 4.17. The summed E-state index contributed by atoms with van der Waals surface area (Å²) < 4.78 is 7.04. The summed E-state index contributed by atoms with van der Waals surface area (Å²) in [4.78, 5) is 12.5. The van der Waals surface area contributed by atoms with Gasteiger partial charge in [-0.05, 0) is 60.1 Å². The van der Waals surface area contributed by atoms with Gasteiger partial charge < -0.3 is 4.74 Å². The number of ether oxygens (including phenoxy) is 1. The molecule has 0 heterocycles. The Morgan fingerprint density at radius 1 is 1.10 bits per heavy atom. The summed E-state index contributed by atoms with van der Waals surface area (Å²) in [5, 5.41) is 0. The Morgan fingerprint density at radius 2 is 1.85 bits per heavy atom. The van der Waals surface area contributed by atoms with Gasteiger partial charge in [0.1, 0.15) is 5.75 Å². The van der Waals surface area contributed by atoms with E-state index in [0.29, 0.717) is 17.7 Å². The summed E-state index contributed by atoms with van der Waals surface area (Å²) in [6.07, 6.45) is 0. The van der Waals surface area contributed by atoms with Crippen molar-refractivity contribution in [1.29, 1.82) is 0 Å². The van der Waals surface area contributed by atoms with Crippen molar-refractivity contribution in [3.63, 3.8) is 0 Å². The largest absolute Gasteiger partial charge is 0.493 e. The van der Waals surface area contributed by atoms with Gasteiger partial charge in [-0.1, -0.05) is 27.6 Å². The van der Waals surface area contributed by atoms with Crippen LogP contribution < -0.4 is 4.74 Å². The van der Waals surface area contributed by atoms with Gasteiger partial charge in [0.05, 0.1) is 11.1 Å². The molecule has 2 aromatic rings. The van der Waals surface area contributed by atoms with Crippen molar-refractivity contribution in [1.82, 2.24) is 0 Å². The zero-order valence-electron chi connectivity index (χ0n) is 11.2. The number of carbonyl (C=O) groups is 1. The number of halogens is 2. The highest BCUT2D eigenvalue weighted by Gasteiger charge is 2.14. The quantitative estimate of drug-likeness (QED) is 0.667. The normalized spacial score (nSPS) is 10.4. The molecule has 0 unspecified atom stereocenters. The van der Waals surface area contributed by atoms with E-state index in [1.165, 1.54) is 0 Å². The molecule has 2 rings (SSSR count). The Kier molecular flexibility index (Phi) is 5.00. The highest BCUT2D eigenvalue weighted by atomic mass is 79.9. The molecule has 0 aliphatic rings. The Bertz CT molecular complexity index is 651. The summed E-state index contributed by atoms with van der Waals surface area (Å²) >= 11 is 6.86. The van der Waals surface area contributed by atoms with Gasteiger partial charge in [0, 0.05) is 15.6 Å². The molecule has 0 fully saturated rings. The highest BCUT2D eigenvalue weighted by molar-refractivity contribution is 9.10. The molecule has 4 heteroatoms. The second-order valence-corrected chi connectivity index (χ2v) is 6.10. The fourth-order valence-electron chi connectivity index (χ4n) is 1.88. The van der Waals surface area contributed by atoms with Crippen LogP contribution in [0.3, 0.4) is 0 Å². The van der Waals surface area contributed by atoms with E-state index in [4.69, 9.17) is 4.74 Å². The minimum Gasteiger partial charge on any atom is -0.493 e. The van der Waals surface area contributed by atoms with E-state index in [1.54, 1.807) is 12.1 Å². The molecule has 2 nitrogen and oxygen atoms in total. The molecular formula is C16H14Br2O2. The van der Waals surface area contributed by atoms with Crippen LogP contribution in [0.15, 0.2) is 45.3 Å². The molecule has 0 bridgehead atoms. The van der Waals surface area contributed by atoms with Crippen LogP contribution in [0.2, 0.25) is 0 Å². The third kappa shape index (κ3) is 3.30. The summed E-state index contributed by atoms with van der Waals surface area (Å²) in [5.41, 5.74) is 2.36. The predicted molar refractivity (Wildman–Crippen MR) is 87.6 cm³/mol. The first-order chi connectivity index (χ1) is 9.52. The van der Waals surface area contributed by atoms with Crippen LogP contribution in [0.25, 0.3) is 0 Å². The van der Waals surface area contributed by atoms with E-state index < -0.39 is 0 Å². The van der Waals surface area contributed by atoms with Gasteiger partial charge in [0.25, 0.3) is 0 Å².